The Hall–Kier alpha value is -2.24. The number of hydrogen-bond acceptors (Lipinski definition) is 2. The van der Waals surface area contributed by atoms with Crippen molar-refractivity contribution in [2.24, 2.45) is 0 Å². The third-order valence-corrected chi connectivity index (χ3v) is 3.94. The molecular formula is C19H13BrClFN2O. The first-order chi connectivity index (χ1) is 11.7. The van der Waals surface area contributed by atoms with Gasteiger partial charge in [0, 0.05) is 16.7 Å². The van der Waals surface area contributed by atoms with Gasteiger partial charge in [-0.05, 0) is 36.4 Å². The fourth-order valence-corrected chi connectivity index (χ4v) is 2.78. The van der Waals surface area contributed by atoms with Crippen LogP contribution in [0.1, 0.15) is 5.56 Å². The predicted octanol–water partition coefficient (Wildman–Crippen LogP) is 1.63. The smallest absolute Gasteiger partial charge is 0.233 e. The normalized spacial score (nSPS) is 10.6. The quantitative estimate of drug-likeness (QED) is 0.473. The van der Waals surface area contributed by atoms with Gasteiger partial charge in [-0.2, -0.15) is 4.57 Å². The van der Waals surface area contributed by atoms with Gasteiger partial charge in [0.15, 0.2) is 24.5 Å². The number of hydrogen-bond donors (Lipinski definition) is 0. The highest BCUT2D eigenvalue weighted by atomic mass is 79.9. The van der Waals surface area contributed by atoms with Crippen LogP contribution in [0.4, 0.5) is 4.39 Å². The lowest BCUT2D eigenvalue weighted by Crippen LogP contribution is -3.00. The van der Waals surface area contributed by atoms with Crippen molar-refractivity contribution in [3.63, 3.8) is 0 Å². The zero-order chi connectivity index (χ0) is 16.5. The van der Waals surface area contributed by atoms with Crippen LogP contribution in [0, 0.1) is 5.82 Å². The van der Waals surface area contributed by atoms with Crippen molar-refractivity contribution in [2.45, 2.75) is 6.54 Å². The fourth-order valence-electron chi connectivity index (χ4n) is 2.62. The molecule has 0 radical (unpaired) electrons. The van der Waals surface area contributed by atoms with Crippen LogP contribution >= 0.6 is 11.6 Å². The Morgan fingerprint density at radius 1 is 1.08 bits per heavy atom. The van der Waals surface area contributed by atoms with E-state index in [0.717, 1.165) is 16.6 Å². The zero-order valence-corrected chi connectivity index (χ0v) is 15.3. The second-order valence-corrected chi connectivity index (χ2v) is 5.96. The summed E-state index contributed by atoms with van der Waals surface area (Å²) in [7, 11) is 0. The number of benzene rings is 2. The Labute approximate surface area is 159 Å². The van der Waals surface area contributed by atoms with Crippen LogP contribution in [0.2, 0.25) is 5.02 Å². The molecule has 25 heavy (non-hydrogen) atoms. The monoisotopic (exact) mass is 418 g/mol. The summed E-state index contributed by atoms with van der Waals surface area (Å²) in [5.74, 6) is 0.293. The third kappa shape index (κ3) is 3.89. The second kappa shape index (κ2) is 7.33. The molecule has 0 aliphatic carbocycles. The average Bonchev–Trinajstić information content (AvgIpc) is 2.98. The lowest BCUT2D eigenvalue weighted by molar-refractivity contribution is -0.687. The Balaban J connectivity index is 0.00000182. The van der Waals surface area contributed by atoms with Crippen molar-refractivity contribution in [1.82, 2.24) is 4.98 Å². The Morgan fingerprint density at radius 2 is 1.96 bits per heavy atom. The molecule has 2 heterocycles. The Bertz CT molecular complexity index is 1030. The summed E-state index contributed by atoms with van der Waals surface area (Å²) >= 11 is 5.99. The van der Waals surface area contributed by atoms with Gasteiger partial charge in [-0.15, -0.1) is 0 Å². The Kier molecular flexibility index (Phi) is 5.16. The van der Waals surface area contributed by atoms with Gasteiger partial charge in [0.1, 0.15) is 16.9 Å². The van der Waals surface area contributed by atoms with Crippen molar-refractivity contribution >= 4 is 22.7 Å². The maximum atomic E-state index is 13.3. The van der Waals surface area contributed by atoms with Crippen LogP contribution in [0.25, 0.3) is 22.6 Å². The molecule has 0 fully saturated rings. The maximum absolute atomic E-state index is 13.3. The first-order valence-corrected chi connectivity index (χ1v) is 7.85. The molecule has 0 bridgehead atoms. The summed E-state index contributed by atoms with van der Waals surface area (Å²) in [5, 5.41) is 0.622. The first kappa shape index (κ1) is 17.6. The van der Waals surface area contributed by atoms with E-state index < -0.39 is 0 Å². The van der Waals surface area contributed by atoms with E-state index in [1.807, 2.05) is 35.2 Å². The van der Waals surface area contributed by atoms with Crippen molar-refractivity contribution in [1.29, 1.82) is 0 Å². The fraction of sp³-hybridized carbons (Fsp3) is 0.0526. The summed E-state index contributed by atoms with van der Waals surface area (Å²) in [6.07, 6.45) is 3.85. The molecule has 4 aromatic rings. The molecule has 0 aliphatic rings. The van der Waals surface area contributed by atoms with E-state index >= 15 is 0 Å². The molecule has 2 aromatic heterocycles. The average molecular weight is 420 g/mol. The predicted molar refractivity (Wildman–Crippen MR) is 90.2 cm³/mol. The minimum atomic E-state index is -0.236. The molecule has 0 saturated carbocycles. The number of oxazole rings is 1. The van der Waals surface area contributed by atoms with Gasteiger partial charge in [-0.25, -0.2) is 9.37 Å². The molecular weight excluding hydrogens is 407 g/mol. The minimum absolute atomic E-state index is 0. The molecule has 3 nitrogen and oxygen atoms in total. The topological polar surface area (TPSA) is 29.9 Å². The lowest BCUT2D eigenvalue weighted by atomic mass is 10.2. The summed E-state index contributed by atoms with van der Waals surface area (Å²) in [6.45, 7) is 0.567. The molecule has 0 unspecified atom stereocenters. The van der Waals surface area contributed by atoms with Crippen LogP contribution < -0.4 is 21.5 Å². The summed E-state index contributed by atoms with van der Waals surface area (Å²) in [6, 6.07) is 15.8. The highest BCUT2D eigenvalue weighted by Crippen LogP contribution is 2.25. The van der Waals surface area contributed by atoms with E-state index in [1.165, 1.54) is 12.1 Å². The van der Waals surface area contributed by atoms with Crippen molar-refractivity contribution in [3.05, 3.63) is 83.4 Å². The van der Waals surface area contributed by atoms with Gasteiger partial charge in [0.05, 0.1) is 0 Å². The number of halogens is 3. The van der Waals surface area contributed by atoms with Gasteiger partial charge in [-0.3, -0.25) is 0 Å². The molecule has 0 aliphatic heterocycles. The SMILES string of the molecule is Fc1cccc(C[n+]2cccc(-c3nc4cc(Cl)ccc4o3)c2)c1.[Br-]. The molecule has 2 aromatic carbocycles. The highest BCUT2D eigenvalue weighted by Gasteiger charge is 2.12. The molecule has 126 valence electrons. The summed E-state index contributed by atoms with van der Waals surface area (Å²) in [4.78, 5) is 4.48. The lowest BCUT2D eigenvalue weighted by Gasteiger charge is -1.99. The van der Waals surface area contributed by atoms with Gasteiger partial charge in [-0.1, -0.05) is 23.7 Å². The Morgan fingerprint density at radius 3 is 2.80 bits per heavy atom. The molecule has 6 heteroatoms. The molecule has 4 rings (SSSR count). The number of fused-ring (bicyclic) bond motifs is 1. The van der Waals surface area contributed by atoms with Gasteiger partial charge in [0.2, 0.25) is 5.89 Å². The molecule has 0 amide bonds. The zero-order valence-electron chi connectivity index (χ0n) is 13.0. The number of nitrogens with zero attached hydrogens (tertiary/aromatic N) is 2. The van der Waals surface area contributed by atoms with E-state index in [-0.39, 0.29) is 22.8 Å². The van der Waals surface area contributed by atoms with E-state index in [1.54, 1.807) is 24.3 Å². The molecule has 0 spiro atoms. The van der Waals surface area contributed by atoms with E-state index in [9.17, 15) is 4.39 Å². The van der Waals surface area contributed by atoms with Crippen molar-refractivity contribution in [3.8, 4) is 11.5 Å². The first-order valence-electron chi connectivity index (χ1n) is 7.47. The molecule has 0 saturated heterocycles. The van der Waals surface area contributed by atoms with E-state index in [2.05, 4.69) is 4.98 Å². The third-order valence-electron chi connectivity index (χ3n) is 3.71. The van der Waals surface area contributed by atoms with E-state index in [4.69, 9.17) is 16.0 Å². The van der Waals surface area contributed by atoms with Crippen molar-refractivity contribution < 1.29 is 30.4 Å². The number of aromatic nitrogens is 2. The van der Waals surface area contributed by atoms with Crippen LogP contribution in [0.5, 0.6) is 0 Å². The summed E-state index contributed by atoms with van der Waals surface area (Å²) in [5.41, 5.74) is 3.15. The van der Waals surface area contributed by atoms with Crippen LogP contribution in [0.15, 0.2) is 71.4 Å². The number of rotatable bonds is 3. The number of pyridine rings is 1. The second-order valence-electron chi connectivity index (χ2n) is 5.53. The molecule has 0 N–H and O–H groups in total. The maximum Gasteiger partial charge on any atom is 0.233 e. The summed E-state index contributed by atoms with van der Waals surface area (Å²) < 4.78 is 21.1. The van der Waals surface area contributed by atoms with Gasteiger partial charge >= 0.3 is 0 Å². The van der Waals surface area contributed by atoms with E-state index in [0.29, 0.717) is 23.0 Å². The highest BCUT2D eigenvalue weighted by molar-refractivity contribution is 6.31. The van der Waals surface area contributed by atoms with Crippen LogP contribution in [-0.2, 0) is 6.54 Å². The van der Waals surface area contributed by atoms with Gasteiger partial charge < -0.3 is 21.4 Å². The van der Waals surface area contributed by atoms with Gasteiger partial charge in [0.25, 0.3) is 0 Å². The van der Waals surface area contributed by atoms with Crippen LogP contribution in [0.3, 0.4) is 0 Å². The standard InChI is InChI=1S/C19H13ClFN2O.BrH/c20-15-6-7-18-17(10-15)22-19(24-18)14-4-2-8-23(12-14)11-13-3-1-5-16(21)9-13;/h1-10,12H,11H2;1H/q+1;/p-1. The minimum Gasteiger partial charge on any atom is -1.00 e. The molecule has 0 atom stereocenters. The van der Waals surface area contributed by atoms with Crippen LogP contribution in [-0.4, -0.2) is 4.98 Å². The van der Waals surface area contributed by atoms with Crippen molar-refractivity contribution in [2.75, 3.05) is 0 Å². The largest absolute Gasteiger partial charge is 1.00 e.